The lowest BCUT2D eigenvalue weighted by atomic mass is 9.78. The highest BCUT2D eigenvalue weighted by molar-refractivity contribution is 6.59. The SMILES string of the molecule is CC(C)Oc1ccc(-c2cccc(=O)[nH]2)cc1B(O)O. The van der Waals surface area contributed by atoms with Crippen LogP contribution in [0.1, 0.15) is 13.8 Å². The van der Waals surface area contributed by atoms with Crippen molar-refractivity contribution in [3.05, 3.63) is 46.8 Å². The van der Waals surface area contributed by atoms with Crippen LogP contribution in [0.2, 0.25) is 0 Å². The van der Waals surface area contributed by atoms with E-state index in [1.54, 1.807) is 30.3 Å². The smallest absolute Gasteiger partial charge is 0.491 e. The summed E-state index contributed by atoms with van der Waals surface area (Å²) >= 11 is 0. The summed E-state index contributed by atoms with van der Waals surface area (Å²) in [5.74, 6) is 0.414. The molecule has 0 bridgehead atoms. The normalized spacial score (nSPS) is 10.7. The highest BCUT2D eigenvalue weighted by Gasteiger charge is 2.19. The highest BCUT2D eigenvalue weighted by Crippen LogP contribution is 2.19. The maximum atomic E-state index is 11.3. The molecule has 0 aliphatic heterocycles. The number of nitrogens with one attached hydrogen (secondary N) is 1. The van der Waals surface area contributed by atoms with Crippen LogP contribution in [0.3, 0.4) is 0 Å². The summed E-state index contributed by atoms with van der Waals surface area (Å²) in [4.78, 5) is 14.0. The average Bonchev–Trinajstić information content (AvgIpc) is 2.38. The topological polar surface area (TPSA) is 82.6 Å². The summed E-state index contributed by atoms with van der Waals surface area (Å²) in [7, 11) is -1.64. The van der Waals surface area contributed by atoms with E-state index in [1.807, 2.05) is 13.8 Å². The minimum atomic E-state index is -1.64. The second-order valence-corrected chi connectivity index (χ2v) is 4.72. The molecule has 5 nitrogen and oxygen atoms in total. The quantitative estimate of drug-likeness (QED) is 0.709. The third kappa shape index (κ3) is 3.29. The van der Waals surface area contributed by atoms with Crippen LogP contribution < -0.4 is 15.8 Å². The first kappa shape index (κ1) is 14.4. The van der Waals surface area contributed by atoms with Gasteiger partial charge in [-0.05, 0) is 43.7 Å². The van der Waals surface area contributed by atoms with Gasteiger partial charge in [0.25, 0.3) is 0 Å². The number of pyridine rings is 1. The van der Waals surface area contributed by atoms with E-state index in [2.05, 4.69) is 4.98 Å². The molecule has 0 spiro atoms. The molecule has 0 amide bonds. The van der Waals surface area contributed by atoms with E-state index in [0.29, 0.717) is 17.0 Å². The Balaban J connectivity index is 2.47. The molecule has 3 N–H and O–H groups in total. The fraction of sp³-hybridized carbons (Fsp3) is 0.214. The molecule has 2 rings (SSSR count). The molecule has 1 heterocycles. The summed E-state index contributed by atoms with van der Waals surface area (Å²) in [5.41, 5.74) is 1.34. The summed E-state index contributed by atoms with van der Waals surface area (Å²) in [6, 6.07) is 9.81. The molecule has 0 radical (unpaired) electrons. The molecule has 0 unspecified atom stereocenters. The minimum Gasteiger partial charge on any atom is -0.491 e. The van der Waals surface area contributed by atoms with E-state index in [-0.39, 0.29) is 17.1 Å². The molecule has 1 aromatic carbocycles. The first-order valence-corrected chi connectivity index (χ1v) is 6.34. The maximum Gasteiger partial charge on any atom is 0.492 e. The van der Waals surface area contributed by atoms with E-state index in [4.69, 9.17) is 4.74 Å². The van der Waals surface area contributed by atoms with E-state index in [1.165, 1.54) is 6.07 Å². The van der Waals surface area contributed by atoms with Crippen LogP contribution in [0.25, 0.3) is 11.3 Å². The molecule has 0 aliphatic carbocycles. The van der Waals surface area contributed by atoms with E-state index in [0.717, 1.165) is 0 Å². The highest BCUT2D eigenvalue weighted by atomic mass is 16.5. The van der Waals surface area contributed by atoms with Crippen molar-refractivity contribution in [3.63, 3.8) is 0 Å². The number of rotatable bonds is 4. The van der Waals surface area contributed by atoms with E-state index in [9.17, 15) is 14.8 Å². The molecule has 104 valence electrons. The number of hydrogen-bond acceptors (Lipinski definition) is 4. The zero-order valence-electron chi connectivity index (χ0n) is 11.3. The van der Waals surface area contributed by atoms with E-state index >= 15 is 0 Å². The van der Waals surface area contributed by atoms with Gasteiger partial charge >= 0.3 is 7.12 Å². The number of hydrogen-bond donors (Lipinski definition) is 3. The van der Waals surface area contributed by atoms with Crippen molar-refractivity contribution in [2.75, 3.05) is 0 Å². The minimum absolute atomic E-state index is 0.0742. The molecule has 1 aromatic heterocycles. The van der Waals surface area contributed by atoms with Crippen molar-refractivity contribution in [2.24, 2.45) is 0 Å². The summed E-state index contributed by atoms with van der Waals surface area (Å²) < 4.78 is 5.53. The van der Waals surface area contributed by atoms with Crippen molar-refractivity contribution in [2.45, 2.75) is 20.0 Å². The molecular weight excluding hydrogens is 257 g/mol. The Kier molecular flexibility index (Phi) is 4.27. The molecule has 0 fully saturated rings. The number of benzene rings is 1. The first-order valence-electron chi connectivity index (χ1n) is 6.34. The van der Waals surface area contributed by atoms with Crippen LogP contribution in [0.4, 0.5) is 0 Å². The zero-order valence-corrected chi connectivity index (χ0v) is 11.3. The molecule has 0 aliphatic rings. The molecule has 0 atom stereocenters. The molecule has 0 saturated heterocycles. The van der Waals surface area contributed by atoms with Crippen molar-refractivity contribution >= 4 is 12.6 Å². The van der Waals surface area contributed by atoms with Crippen LogP contribution >= 0.6 is 0 Å². The number of aromatic nitrogens is 1. The van der Waals surface area contributed by atoms with Gasteiger partial charge in [0.05, 0.1) is 6.10 Å². The number of aromatic amines is 1. The predicted molar refractivity (Wildman–Crippen MR) is 78.1 cm³/mol. The third-order valence-corrected chi connectivity index (χ3v) is 2.73. The number of ether oxygens (including phenoxy) is 1. The van der Waals surface area contributed by atoms with Crippen LogP contribution in [-0.2, 0) is 0 Å². The van der Waals surface area contributed by atoms with Gasteiger partial charge < -0.3 is 19.8 Å². The largest absolute Gasteiger partial charge is 0.492 e. The Morgan fingerprint density at radius 1 is 1.20 bits per heavy atom. The van der Waals surface area contributed by atoms with Gasteiger partial charge in [0, 0.05) is 17.2 Å². The second kappa shape index (κ2) is 5.94. The lowest BCUT2D eigenvalue weighted by molar-refractivity contribution is 0.243. The van der Waals surface area contributed by atoms with Crippen molar-refractivity contribution < 1.29 is 14.8 Å². The summed E-state index contributed by atoms with van der Waals surface area (Å²) in [6.45, 7) is 3.71. The fourth-order valence-corrected chi connectivity index (χ4v) is 1.90. The standard InChI is InChI=1S/C14H16BNO4/c1-9(2)20-13-7-6-10(8-11(13)15(18)19)12-4-3-5-14(17)16-12/h3-9,18-19H,1-2H3,(H,16,17). The lowest BCUT2D eigenvalue weighted by Crippen LogP contribution is -2.32. The Hall–Kier alpha value is -2.05. The van der Waals surface area contributed by atoms with Gasteiger partial charge in [-0.1, -0.05) is 6.07 Å². The molecule has 20 heavy (non-hydrogen) atoms. The third-order valence-electron chi connectivity index (χ3n) is 2.73. The van der Waals surface area contributed by atoms with Gasteiger partial charge in [-0.15, -0.1) is 0 Å². The summed E-state index contributed by atoms with van der Waals surface area (Å²) in [5, 5.41) is 18.9. The van der Waals surface area contributed by atoms with Gasteiger partial charge in [0.15, 0.2) is 0 Å². The molecule has 0 saturated carbocycles. The molecule has 6 heteroatoms. The second-order valence-electron chi connectivity index (χ2n) is 4.72. The lowest BCUT2D eigenvalue weighted by Gasteiger charge is -2.15. The van der Waals surface area contributed by atoms with Gasteiger partial charge in [0.2, 0.25) is 5.56 Å². The van der Waals surface area contributed by atoms with Crippen LogP contribution in [0.15, 0.2) is 41.2 Å². The van der Waals surface area contributed by atoms with Crippen molar-refractivity contribution in [1.29, 1.82) is 0 Å². The van der Waals surface area contributed by atoms with Crippen LogP contribution in [0, 0.1) is 0 Å². The fourth-order valence-electron chi connectivity index (χ4n) is 1.90. The van der Waals surface area contributed by atoms with Gasteiger partial charge in [-0.25, -0.2) is 0 Å². The molecular formula is C14H16BNO4. The first-order chi connectivity index (χ1) is 9.47. The Morgan fingerprint density at radius 2 is 1.95 bits per heavy atom. The predicted octanol–water partition coefficient (Wildman–Crippen LogP) is 0.509. The van der Waals surface area contributed by atoms with Gasteiger partial charge in [-0.3, -0.25) is 4.79 Å². The Bertz CT molecular complexity index is 652. The Labute approximate surface area is 117 Å². The maximum absolute atomic E-state index is 11.3. The van der Waals surface area contributed by atoms with Crippen LogP contribution in [-0.4, -0.2) is 28.3 Å². The summed E-state index contributed by atoms with van der Waals surface area (Å²) in [6.07, 6.45) is -0.0742. The van der Waals surface area contributed by atoms with E-state index < -0.39 is 7.12 Å². The van der Waals surface area contributed by atoms with Crippen molar-refractivity contribution in [1.82, 2.24) is 4.98 Å². The van der Waals surface area contributed by atoms with Gasteiger partial charge in [-0.2, -0.15) is 0 Å². The Morgan fingerprint density at radius 3 is 2.55 bits per heavy atom. The van der Waals surface area contributed by atoms with Gasteiger partial charge in [0.1, 0.15) is 5.75 Å². The number of H-pyrrole nitrogens is 1. The monoisotopic (exact) mass is 273 g/mol. The zero-order chi connectivity index (χ0) is 14.7. The molecule has 2 aromatic rings. The average molecular weight is 273 g/mol. The van der Waals surface area contributed by atoms with Crippen LogP contribution in [0.5, 0.6) is 5.75 Å². The van der Waals surface area contributed by atoms with Crippen molar-refractivity contribution in [3.8, 4) is 17.0 Å².